The molecule has 2 heterocycles. The highest BCUT2D eigenvalue weighted by Gasteiger charge is 2.31. The van der Waals surface area contributed by atoms with Gasteiger partial charge in [-0.2, -0.15) is 0 Å². The van der Waals surface area contributed by atoms with Gasteiger partial charge in [0.1, 0.15) is 5.82 Å². The normalized spacial score (nSPS) is 21.7. The van der Waals surface area contributed by atoms with E-state index in [0.29, 0.717) is 17.8 Å². The van der Waals surface area contributed by atoms with Gasteiger partial charge in [0, 0.05) is 56.1 Å². The Labute approximate surface area is 236 Å². The third-order valence-electron chi connectivity index (χ3n) is 7.89. The van der Waals surface area contributed by atoms with Gasteiger partial charge in [0.15, 0.2) is 9.84 Å². The van der Waals surface area contributed by atoms with E-state index in [4.69, 9.17) is 0 Å². The number of hydrogen-bond donors (Lipinski definition) is 0. The van der Waals surface area contributed by atoms with Gasteiger partial charge >= 0.3 is 12.0 Å². The first-order valence-electron chi connectivity index (χ1n) is 13.7. The summed E-state index contributed by atoms with van der Waals surface area (Å²) in [6.45, 7) is 10.6. The van der Waals surface area contributed by atoms with E-state index >= 15 is 4.39 Å². The summed E-state index contributed by atoms with van der Waals surface area (Å²) in [5, 5.41) is 0. The number of carbonyl (C=O) groups excluding carboxylic acids is 2. The monoisotopic (exact) mass is 574 g/mol. The summed E-state index contributed by atoms with van der Waals surface area (Å²) in [5.74, 6) is -1.49. The lowest BCUT2D eigenvalue weighted by Gasteiger charge is -2.44. The van der Waals surface area contributed by atoms with Crippen LogP contribution in [0.2, 0.25) is 0 Å². The number of sulfone groups is 1. The number of likely N-dealkylation sites (N-methyl/N-ethyl adjacent to an activating group) is 1. The predicted molar refractivity (Wildman–Crippen MR) is 153 cm³/mol. The van der Waals surface area contributed by atoms with E-state index in [2.05, 4.69) is 35.3 Å². The number of rotatable bonds is 7. The molecule has 0 aliphatic carbocycles. The fourth-order valence-electron chi connectivity index (χ4n) is 5.46. The second kappa shape index (κ2) is 12.7. The SMILES string of the molecule is CCN1C[C@@H](C)N(Cc2ccc(N(Cc3ccc(C(=O)OC)cc3F)C(=O)N3CCS(=O)(=O)CC3)cc2)[C@@H](C)C1. The van der Waals surface area contributed by atoms with Gasteiger partial charge in [-0.05, 0) is 50.2 Å². The largest absolute Gasteiger partial charge is 0.465 e. The zero-order chi connectivity index (χ0) is 29.0. The molecule has 0 bridgehead atoms. The standard InChI is InChI=1S/C29H39FN4O5S/c1-5-31-17-21(2)33(22(3)18-31)19-23-6-10-26(11-7-23)34(29(36)32-12-14-40(37,38)15-13-32)20-25-9-8-24(16-27(25)30)28(35)39-4/h6-11,16,21-22H,5,12-15,17-20H2,1-4H3/t21-,22+. The Morgan fingerprint density at radius 1 is 1.02 bits per heavy atom. The molecule has 2 saturated heterocycles. The molecular weight excluding hydrogens is 535 g/mol. The fraction of sp³-hybridized carbons (Fsp3) is 0.517. The van der Waals surface area contributed by atoms with Crippen LogP contribution < -0.4 is 4.90 Å². The van der Waals surface area contributed by atoms with Crippen LogP contribution in [0.5, 0.6) is 0 Å². The highest BCUT2D eigenvalue weighted by atomic mass is 32.2. The van der Waals surface area contributed by atoms with Gasteiger partial charge in [-0.15, -0.1) is 0 Å². The van der Waals surface area contributed by atoms with Crippen molar-refractivity contribution in [3.63, 3.8) is 0 Å². The molecular formula is C29H39FN4O5S. The number of benzene rings is 2. The van der Waals surface area contributed by atoms with Gasteiger partial charge in [0.25, 0.3) is 0 Å². The molecule has 2 aromatic rings. The van der Waals surface area contributed by atoms with Gasteiger partial charge in [0.2, 0.25) is 0 Å². The van der Waals surface area contributed by atoms with Gasteiger partial charge in [0.05, 0.1) is 30.7 Å². The van der Waals surface area contributed by atoms with Crippen molar-refractivity contribution in [3.05, 3.63) is 65.0 Å². The minimum absolute atomic E-state index is 0.0791. The summed E-state index contributed by atoms with van der Waals surface area (Å²) in [7, 11) is -1.95. The minimum atomic E-state index is -3.18. The maximum Gasteiger partial charge on any atom is 0.337 e. The number of halogens is 1. The van der Waals surface area contributed by atoms with E-state index in [1.54, 1.807) is 0 Å². The number of anilines is 1. The van der Waals surface area contributed by atoms with Gasteiger partial charge < -0.3 is 14.5 Å². The second-order valence-corrected chi connectivity index (χ2v) is 13.0. The van der Waals surface area contributed by atoms with Crippen LogP contribution in [0, 0.1) is 5.82 Å². The summed E-state index contributed by atoms with van der Waals surface area (Å²) >= 11 is 0. The van der Waals surface area contributed by atoms with Crippen molar-refractivity contribution < 1.29 is 27.1 Å². The number of methoxy groups -OCH3 is 1. The minimum Gasteiger partial charge on any atom is -0.465 e. The number of ether oxygens (including phenoxy) is 1. The number of nitrogens with zero attached hydrogens (tertiary/aromatic N) is 4. The number of esters is 1. The Balaban J connectivity index is 1.57. The molecule has 2 atom stereocenters. The molecule has 2 aliphatic heterocycles. The summed E-state index contributed by atoms with van der Waals surface area (Å²) in [6, 6.07) is 12.1. The Kier molecular flexibility index (Phi) is 9.48. The quantitative estimate of drug-likeness (QED) is 0.469. The first-order valence-corrected chi connectivity index (χ1v) is 15.5. The molecule has 11 heteroatoms. The molecule has 0 spiro atoms. The van der Waals surface area contributed by atoms with Crippen molar-refractivity contribution in [3.8, 4) is 0 Å². The molecule has 2 aliphatic rings. The van der Waals surface area contributed by atoms with E-state index in [-0.39, 0.29) is 42.3 Å². The van der Waals surface area contributed by atoms with Crippen molar-refractivity contribution in [2.45, 2.75) is 45.9 Å². The Morgan fingerprint density at radius 2 is 1.65 bits per heavy atom. The molecule has 0 radical (unpaired) electrons. The van der Waals surface area contributed by atoms with Gasteiger partial charge in [-0.1, -0.05) is 25.1 Å². The average molecular weight is 575 g/mol. The molecule has 0 saturated carbocycles. The zero-order valence-electron chi connectivity index (χ0n) is 23.7. The van der Waals surface area contributed by atoms with Crippen LogP contribution >= 0.6 is 0 Å². The summed E-state index contributed by atoms with van der Waals surface area (Å²) in [5.41, 5.74) is 1.99. The number of urea groups is 1. The number of carbonyl (C=O) groups is 2. The topological polar surface area (TPSA) is 90.5 Å². The average Bonchev–Trinajstić information content (AvgIpc) is 2.93. The molecule has 2 fully saturated rings. The Morgan fingerprint density at radius 3 is 2.20 bits per heavy atom. The van der Waals surface area contributed by atoms with Crippen LogP contribution in [-0.4, -0.2) is 98.5 Å². The van der Waals surface area contributed by atoms with Crippen molar-refractivity contribution in [2.24, 2.45) is 0 Å². The molecule has 0 unspecified atom stereocenters. The maximum absolute atomic E-state index is 15.0. The van der Waals surface area contributed by atoms with Crippen molar-refractivity contribution >= 4 is 27.5 Å². The van der Waals surface area contributed by atoms with Gasteiger partial charge in [-0.25, -0.2) is 22.4 Å². The maximum atomic E-state index is 15.0. The highest BCUT2D eigenvalue weighted by molar-refractivity contribution is 7.91. The number of amides is 2. The lowest BCUT2D eigenvalue weighted by atomic mass is 10.1. The predicted octanol–water partition coefficient (Wildman–Crippen LogP) is 3.38. The molecule has 2 amide bonds. The number of piperazine rings is 1. The van der Waals surface area contributed by atoms with Crippen LogP contribution in [0.4, 0.5) is 14.9 Å². The lowest BCUT2D eigenvalue weighted by molar-refractivity contribution is 0.0356. The van der Waals surface area contributed by atoms with Crippen LogP contribution in [0.1, 0.15) is 42.3 Å². The van der Waals surface area contributed by atoms with E-state index in [0.717, 1.165) is 37.8 Å². The first kappa shape index (κ1) is 30.0. The van der Waals surface area contributed by atoms with E-state index in [1.165, 1.54) is 29.0 Å². The van der Waals surface area contributed by atoms with Crippen molar-refractivity contribution in [1.29, 1.82) is 0 Å². The van der Waals surface area contributed by atoms with Gasteiger partial charge in [-0.3, -0.25) is 9.80 Å². The van der Waals surface area contributed by atoms with Crippen LogP contribution in [-0.2, 0) is 27.7 Å². The molecule has 4 rings (SSSR count). The molecule has 0 aromatic heterocycles. The highest BCUT2D eigenvalue weighted by Crippen LogP contribution is 2.25. The van der Waals surface area contributed by atoms with Crippen LogP contribution in [0.25, 0.3) is 0 Å². The third-order valence-corrected chi connectivity index (χ3v) is 9.50. The van der Waals surface area contributed by atoms with E-state index in [1.807, 2.05) is 24.3 Å². The molecule has 40 heavy (non-hydrogen) atoms. The zero-order valence-corrected chi connectivity index (χ0v) is 24.5. The van der Waals surface area contributed by atoms with E-state index < -0.39 is 27.7 Å². The summed E-state index contributed by atoms with van der Waals surface area (Å²) in [6.07, 6.45) is 0. The lowest BCUT2D eigenvalue weighted by Crippen LogP contribution is -2.55. The van der Waals surface area contributed by atoms with Crippen molar-refractivity contribution in [2.75, 3.05) is 56.2 Å². The van der Waals surface area contributed by atoms with Crippen LogP contribution in [0.3, 0.4) is 0 Å². The van der Waals surface area contributed by atoms with E-state index in [9.17, 15) is 18.0 Å². The Hall–Kier alpha value is -3.02. The van der Waals surface area contributed by atoms with Crippen molar-refractivity contribution in [1.82, 2.24) is 14.7 Å². The molecule has 9 nitrogen and oxygen atoms in total. The van der Waals surface area contributed by atoms with Crippen LogP contribution in [0.15, 0.2) is 42.5 Å². The molecule has 2 aromatic carbocycles. The smallest absolute Gasteiger partial charge is 0.337 e. The second-order valence-electron chi connectivity index (χ2n) is 10.7. The molecule has 0 N–H and O–H groups in total. The third kappa shape index (κ3) is 7.00. The first-order chi connectivity index (χ1) is 19.0. The number of hydrogen-bond acceptors (Lipinski definition) is 7. The molecule has 218 valence electrons. The summed E-state index contributed by atoms with van der Waals surface area (Å²) in [4.78, 5) is 33.4. The fourth-order valence-corrected chi connectivity index (χ4v) is 6.66. The Bertz CT molecular complexity index is 1290. The summed E-state index contributed by atoms with van der Waals surface area (Å²) < 4.78 is 43.6.